The van der Waals surface area contributed by atoms with Gasteiger partial charge in [0, 0.05) is 39.0 Å². The maximum absolute atomic E-state index is 4.32. The molecule has 0 aliphatic heterocycles. The normalized spacial score (nSPS) is 12.2. The Kier molecular flexibility index (Phi) is 10.7. The minimum absolute atomic E-state index is 0.0848. The van der Waals surface area contributed by atoms with Gasteiger partial charge >= 0.3 is 0 Å². The van der Waals surface area contributed by atoms with E-state index in [4.69, 9.17) is 0 Å². The molecule has 0 spiro atoms. The smallest absolute Gasteiger partial charge is 0.0619 e. The first kappa shape index (κ1) is 39.1. The first-order valence-corrected chi connectivity index (χ1v) is 21.1. The molecular formula is C59H50N2. The lowest BCUT2D eigenvalue weighted by Gasteiger charge is -2.26. The Hall–Kier alpha value is -7.42. The second kappa shape index (κ2) is 16.7. The van der Waals surface area contributed by atoms with Crippen molar-refractivity contribution in [3.8, 4) is 39.1 Å². The van der Waals surface area contributed by atoms with Crippen LogP contribution in [0.1, 0.15) is 38.8 Å². The van der Waals surface area contributed by atoms with Crippen LogP contribution >= 0.6 is 0 Å². The van der Waals surface area contributed by atoms with Crippen LogP contribution in [0.3, 0.4) is 0 Å². The summed E-state index contributed by atoms with van der Waals surface area (Å²) in [6, 6.07) is 72.1. The van der Waals surface area contributed by atoms with Crippen molar-refractivity contribution < 1.29 is 0 Å². The van der Waals surface area contributed by atoms with E-state index in [2.05, 4.69) is 256 Å². The molecule has 61 heavy (non-hydrogen) atoms. The van der Waals surface area contributed by atoms with Gasteiger partial charge in [0.05, 0.1) is 16.7 Å². The number of benzene rings is 8. The first-order chi connectivity index (χ1) is 29.8. The van der Waals surface area contributed by atoms with Crippen molar-refractivity contribution in [2.75, 3.05) is 4.90 Å². The number of nitrogens with zero attached hydrogens (tertiary/aromatic N) is 2. The summed E-state index contributed by atoms with van der Waals surface area (Å²) in [6.45, 7) is 13.3. The summed E-state index contributed by atoms with van der Waals surface area (Å²) in [7, 11) is 0. The quantitative estimate of drug-likeness (QED) is 0.125. The van der Waals surface area contributed by atoms with Crippen LogP contribution in [0, 0.1) is 0 Å². The van der Waals surface area contributed by atoms with Gasteiger partial charge in [0.25, 0.3) is 0 Å². The zero-order chi connectivity index (χ0) is 41.9. The van der Waals surface area contributed by atoms with Crippen LogP contribution in [-0.4, -0.2) is 4.57 Å². The van der Waals surface area contributed by atoms with Crippen molar-refractivity contribution in [2.45, 2.75) is 33.1 Å². The lowest BCUT2D eigenvalue weighted by molar-refractivity contribution is 0.590. The summed E-state index contributed by atoms with van der Waals surface area (Å²) in [4.78, 5) is 2.27. The summed E-state index contributed by atoms with van der Waals surface area (Å²) in [5.74, 6) is 0. The van der Waals surface area contributed by atoms with Gasteiger partial charge in [0.15, 0.2) is 0 Å². The third-order valence-corrected chi connectivity index (χ3v) is 11.8. The zero-order valence-corrected chi connectivity index (χ0v) is 35.4. The molecule has 0 fully saturated rings. The SMILES string of the molecule is C=C/C(=C\C=C(/C)c1ccccc1-n1c2ccccc2c2cccc(-c3ccc(C(C)(C)C)cc3)c21)N(c1ccccc1)c1ccc(-c2ccc(-c3ccccc3)cc2)cc1. The molecule has 0 radical (unpaired) electrons. The molecule has 0 aliphatic rings. The predicted octanol–water partition coefficient (Wildman–Crippen LogP) is 16.4. The Morgan fingerprint density at radius 3 is 1.67 bits per heavy atom. The van der Waals surface area contributed by atoms with Crippen LogP contribution in [0.5, 0.6) is 0 Å². The van der Waals surface area contributed by atoms with Gasteiger partial charge in [-0.1, -0.05) is 197 Å². The molecule has 0 unspecified atom stereocenters. The average Bonchev–Trinajstić information content (AvgIpc) is 3.65. The lowest BCUT2D eigenvalue weighted by Crippen LogP contribution is -2.14. The van der Waals surface area contributed by atoms with Gasteiger partial charge in [-0.25, -0.2) is 0 Å². The van der Waals surface area contributed by atoms with E-state index in [0.29, 0.717) is 0 Å². The van der Waals surface area contributed by atoms with Crippen LogP contribution in [-0.2, 0) is 5.41 Å². The molecule has 0 aliphatic carbocycles. The van der Waals surface area contributed by atoms with Crippen molar-refractivity contribution >= 4 is 38.8 Å². The topological polar surface area (TPSA) is 8.17 Å². The number of anilines is 2. The minimum atomic E-state index is 0.0848. The number of hydrogen-bond acceptors (Lipinski definition) is 1. The monoisotopic (exact) mass is 786 g/mol. The van der Waals surface area contributed by atoms with Crippen molar-refractivity contribution in [1.29, 1.82) is 0 Å². The van der Waals surface area contributed by atoms with Crippen LogP contribution in [0.4, 0.5) is 11.4 Å². The van der Waals surface area contributed by atoms with Crippen molar-refractivity contribution in [1.82, 2.24) is 4.57 Å². The van der Waals surface area contributed by atoms with E-state index in [-0.39, 0.29) is 5.41 Å². The molecular weight excluding hydrogens is 737 g/mol. The largest absolute Gasteiger partial charge is 0.311 e. The van der Waals surface area contributed by atoms with Gasteiger partial charge in [0.1, 0.15) is 0 Å². The number of allylic oxidation sites excluding steroid dienone is 4. The van der Waals surface area contributed by atoms with Crippen LogP contribution in [0.15, 0.2) is 231 Å². The Balaban J connectivity index is 1.10. The Morgan fingerprint density at radius 2 is 1.02 bits per heavy atom. The van der Waals surface area contributed by atoms with Gasteiger partial charge < -0.3 is 9.47 Å². The predicted molar refractivity (Wildman–Crippen MR) is 263 cm³/mol. The van der Waals surface area contributed by atoms with Crippen molar-refractivity contribution in [3.63, 3.8) is 0 Å². The van der Waals surface area contributed by atoms with E-state index in [1.54, 1.807) is 0 Å². The number of fused-ring (bicyclic) bond motifs is 3. The molecule has 9 aromatic rings. The minimum Gasteiger partial charge on any atom is -0.311 e. The zero-order valence-electron chi connectivity index (χ0n) is 35.4. The maximum Gasteiger partial charge on any atom is 0.0619 e. The first-order valence-electron chi connectivity index (χ1n) is 21.1. The molecule has 0 amide bonds. The van der Waals surface area contributed by atoms with E-state index < -0.39 is 0 Å². The number of rotatable bonds is 10. The molecule has 0 N–H and O–H groups in total. The molecule has 8 aromatic carbocycles. The summed E-state index contributed by atoms with van der Waals surface area (Å²) in [6.07, 6.45) is 6.37. The maximum atomic E-state index is 4.32. The van der Waals surface area contributed by atoms with Gasteiger partial charge in [-0.3, -0.25) is 0 Å². The van der Waals surface area contributed by atoms with Gasteiger partial charge in [-0.05, 0) is 99.8 Å². The molecule has 2 nitrogen and oxygen atoms in total. The summed E-state index contributed by atoms with van der Waals surface area (Å²) in [5.41, 5.74) is 17.6. The molecule has 1 heterocycles. The molecule has 1 aromatic heterocycles. The van der Waals surface area contributed by atoms with E-state index in [9.17, 15) is 0 Å². The molecule has 0 saturated carbocycles. The Bertz CT molecular complexity index is 3030. The second-order valence-electron chi connectivity index (χ2n) is 16.7. The van der Waals surface area contributed by atoms with E-state index in [0.717, 1.165) is 33.9 Å². The molecule has 9 rings (SSSR count). The third-order valence-electron chi connectivity index (χ3n) is 11.8. The fraction of sp³-hybridized carbons (Fsp3) is 0.0847. The second-order valence-corrected chi connectivity index (χ2v) is 16.7. The standard InChI is InChI=1S/C59H50N2/c1-6-49(60(50-20-11-8-12-21-50)51-40-35-46(36-41-51)45-31-29-44(30-32-45)43-18-9-7-10-19-43)39-28-42(2)52-22-13-15-26-56(52)61-57-27-16-14-23-54(57)55-25-17-24-53(58(55)61)47-33-37-48(38-34-47)59(3,4)5/h6-41H,1H2,2-5H3/b42-28+,49-39+. The van der Waals surface area contributed by atoms with Crippen molar-refractivity contribution in [3.05, 3.63) is 242 Å². The molecule has 0 atom stereocenters. The van der Waals surface area contributed by atoms with Gasteiger partial charge in [-0.2, -0.15) is 0 Å². The van der Waals surface area contributed by atoms with Crippen LogP contribution in [0.25, 0.3) is 66.4 Å². The van der Waals surface area contributed by atoms with E-state index in [1.165, 1.54) is 60.8 Å². The third kappa shape index (κ3) is 7.77. The van der Waals surface area contributed by atoms with Gasteiger partial charge in [-0.15, -0.1) is 0 Å². The Labute approximate surface area is 360 Å². The highest BCUT2D eigenvalue weighted by molar-refractivity contribution is 6.14. The fourth-order valence-electron chi connectivity index (χ4n) is 8.50. The molecule has 0 saturated heterocycles. The average molecular weight is 787 g/mol. The van der Waals surface area contributed by atoms with Crippen LogP contribution in [0.2, 0.25) is 0 Å². The van der Waals surface area contributed by atoms with E-state index in [1.807, 2.05) is 6.08 Å². The van der Waals surface area contributed by atoms with Gasteiger partial charge in [0.2, 0.25) is 0 Å². The molecule has 296 valence electrons. The fourth-order valence-corrected chi connectivity index (χ4v) is 8.50. The highest BCUT2D eigenvalue weighted by Crippen LogP contribution is 2.40. The summed E-state index contributed by atoms with van der Waals surface area (Å²) in [5, 5.41) is 2.48. The summed E-state index contributed by atoms with van der Waals surface area (Å²) >= 11 is 0. The number of para-hydroxylation sites is 4. The van der Waals surface area contributed by atoms with Crippen LogP contribution < -0.4 is 4.90 Å². The lowest BCUT2D eigenvalue weighted by atomic mass is 9.86. The highest BCUT2D eigenvalue weighted by atomic mass is 15.1. The molecule has 0 bridgehead atoms. The summed E-state index contributed by atoms with van der Waals surface area (Å²) < 4.78 is 2.47. The van der Waals surface area contributed by atoms with E-state index >= 15 is 0 Å². The highest BCUT2D eigenvalue weighted by Gasteiger charge is 2.20. The Morgan fingerprint density at radius 1 is 0.492 bits per heavy atom. The number of aromatic nitrogens is 1. The molecule has 2 heteroatoms. The number of hydrogen-bond donors (Lipinski definition) is 0. The van der Waals surface area contributed by atoms with Crippen molar-refractivity contribution in [2.24, 2.45) is 0 Å².